The molecule has 3 nitrogen and oxygen atoms in total. The van der Waals surface area contributed by atoms with Gasteiger partial charge in [0.15, 0.2) is 11.6 Å². The Labute approximate surface area is 113 Å². The van der Waals surface area contributed by atoms with E-state index in [-0.39, 0.29) is 17.7 Å². The predicted molar refractivity (Wildman–Crippen MR) is 70.9 cm³/mol. The molecule has 1 saturated carbocycles. The molecule has 4 heteroatoms. The summed E-state index contributed by atoms with van der Waals surface area (Å²) in [5.74, 6) is -0.156. The molecule has 0 heterocycles. The Morgan fingerprint density at radius 3 is 2.84 bits per heavy atom. The third-order valence-corrected chi connectivity index (χ3v) is 3.86. The van der Waals surface area contributed by atoms with E-state index in [1.807, 2.05) is 0 Å². The van der Waals surface area contributed by atoms with Gasteiger partial charge in [-0.15, -0.1) is 0 Å². The minimum atomic E-state index is -0.792. The summed E-state index contributed by atoms with van der Waals surface area (Å²) in [5.41, 5.74) is -0.00231. The SMILES string of the molecule is COc1ccc(CC2(O)CCCC(OC)C2)cc1F. The van der Waals surface area contributed by atoms with E-state index >= 15 is 0 Å². The maximum absolute atomic E-state index is 13.6. The third-order valence-electron chi connectivity index (χ3n) is 3.86. The topological polar surface area (TPSA) is 38.7 Å². The molecule has 0 aromatic heterocycles. The predicted octanol–water partition coefficient (Wildman–Crippen LogP) is 2.70. The molecule has 0 saturated heterocycles. The van der Waals surface area contributed by atoms with Crippen molar-refractivity contribution >= 4 is 0 Å². The number of benzene rings is 1. The van der Waals surface area contributed by atoms with Crippen molar-refractivity contribution < 1.29 is 19.0 Å². The lowest BCUT2D eigenvalue weighted by atomic mass is 9.79. The Balaban J connectivity index is 2.09. The number of aliphatic hydroxyl groups is 1. The maximum Gasteiger partial charge on any atom is 0.165 e. The number of methoxy groups -OCH3 is 2. The third kappa shape index (κ3) is 3.45. The Hall–Kier alpha value is -1.13. The van der Waals surface area contributed by atoms with Crippen LogP contribution in [0.2, 0.25) is 0 Å². The molecular weight excluding hydrogens is 247 g/mol. The van der Waals surface area contributed by atoms with Crippen molar-refractivity contribution in [3.8, 4) is 5.75 Å². The summed E-state index contributed by atoms with van der Waals surface area (Å²) in [6.07, 6.45) is 3.82. The van der Waals surface area contributed by atoms with Crippen LogP contribution in [0, 0.1) is 5.82 Å². The van der Waals surface area contributed by atoms with Crippen molar-refractivity contribution in [2.75, 3.05) is 14.2 Å². The minimum absolute atomic E-state index is 0.0989. The van der Waals surface area contributed by atoms with Crippen LogP contribution in [0.15, 0.2) is 18.2 Å². The summed E-state index contributed by atoms with van der Waals surface area (Å²) in [6.45, 7) is 0. The summed E-state index contributed by atoms with van der Waals surface area (Å²) in [6, 6.07) is 4.84. The number of halogens is 1. The molecule has 0 bridgehead atoms. The average molecular weight is 268 g/mol. The second-order valence-electron chi connectivity index (χ2n) is 5.32. The van der Waals surface area contributed by atoms with Gasteiger partial charge in [0.2, 0.25) is 0 Å². The second kappa shape index (κ2) is 5.88. The molecule has 1 aromatic carbocycles. The molecule has 0 aliphatic heterocycles. The van der Waals surface area contributed by atoms with Gasteiger partial charge in [0.05, 0.1) is 18.8 Å². The van der Waals surface area contributed by atoms with Crippen LogP contribution in [0.5, 0.6) is 5.75 Å². The van der Waals surface area contributed by atoms with E-state index in [2.05, 4.69) is 0 Å². The van der Waals surface area contributed by atoms with Crippen molar-refractivity contribution in [3.63, 3.8) is 0 Å². The van der Waals surface area contributed by atoms with Crippen LogP contribution >= 0.6 is 0 Å². The molecule has 2 unspecified atom stereocenters. The molecule has 1 fully saturated rings. The fourth-order valence-corrected chi connectivity index (χ4v) is 2.85. The van der Waals surface area contributed by atoms with Crippen molar-refractivity contribution in [3.05, 3.63) is 29.6 Å². The van der Waals surface area contributed by atoms with E-state index in [1.165, 1.54) is 13.2 Å². The Kier molecular flexibility index (Phi) is 4.42. The molecule has 0 spiro atoms. The van der Waals surface area contributed by atoms with Crippen LogP contribution in [0.25, 0.3) is 0 Å². The fourth-order valence-electron chi connectivity index (χ4n) is 2.85. The summed E-state index contributed by atoms with van der Waals surface area (Å²) >= 11 is 0. The molecule has 1 N–H and O–H groups in total. The van der Waals surface area contributed by atoms with Gasteiger partial charge in [0, 0.05) is 20.0 Å². The van der Waals surface area contributed by atoms with E-state index < -0.39 is 5.60 Å². The molecular formula is C15H21FO3. The zero-order chi connectivity index (χ0) is 13.9. The summed E-state index contributed by atoms with van der Waals surface area (Å²) in [7, 11) is 3.11. The van der Waals surface area contributed by atoms with Crippen LogP contribution in [0.3, 0.4) is 0 Å². The molecule has 1 aliphatic carbocycles. The van der Waals surface area contributed by atoms with Gasteiger partial charge in [-0.05, 0) is 37.0 Å². The largest absolute Gasteiger partial charge is 0.494 e. The van der Waals surface area contributed by atoms with E-state index in [0.717, 1.165) is 24.8 Å². The lowest BCUT2D eigenvalue weighted by Crippen LogP contribution is -2.40. The normalized spacial score (nSPS) is 27.3. The molecule has 1 aliphatic rings. The molecule has 19 heavy (non-hydrogen) atoms. The van der Waals surface area contributed by atoms with Gasteiger partial charge in [0.25, 0.3) is 0 Å². The van der Waals surface area contributed by atoms with Crippen LogP contribution in [0.4, 0.5) is 4.39 Å². The quantitative estimate of drug-likeness (QED) is 0.912. The van der Waals surface area contributed by atoms with Crippen LogP contribution in [-0.2, 0) is 11.2 Å². The number of hydrogen-bond acceptors (Lipinski definition) is 3. The summed E-state index contributed by atoms with van der Waals surface area (Å²) < 4.78 is 23.9. The van der Waals surface area contributed by atoms with Gasteiger partial charge in [-0.2, -0.15) is 0 Å². The smallest absolute Gasteiger partial charge is 0.165 e. The maximum atomic E-state index is 13.6. The van der Waals surface area contributed by atoms with Gasteiger partial charge in [-0.1, -0.05) is 6.07 Å². The number of hydrogen-bond donors (Lipinski definition) is 1. The molecule has 0 radical (unpaired) electrons. The van der Waals surface area contributed by atoms with Crippen LogP contribution in [-0.4, -0.2) is 31.0 Å². The van der Waals surface area contributed by atoms with E-state index in [4.69, 9.17) is 9.47 Å². The first-order valence-electron chi connectivity index (χ1n) is 6.64. The summed E-state index contributed by atoms with van der Waals surface area (Å²) in [4.78, 5) is 0. The van der Waals surface area contributed by atoms with E-state index in [1.54, 1.807) is 19.2 Å². The van der Waals surface area contributed by atoms with E-state index in [9.17, 15) is 9.50 Å². The summed E-state index contributed by atoms with van der Waals surface area (Å²) in [5, 5.41) is 10.6. The molecule has 106 valence electrons. The van der Waals surface area contributed by atoms with Crippen LogP contribution < -0.4 is 4.74 Å². The van der Waals surface area contributed by atoms with Crippen molar-refractivity contribution in [1.29, 1.82) is 0 Å². The standard InChI is InChI=1S/C15H21FO3/c1-18-12-4-3-7-15(17,10-12)9-11-5-6-14(19-2)13(16)8-11/h5-6,8,12,17H,3-4,7,9-10H2,1-2H3. The van der Waals surface area contributed by atoms with Gasteiger partial charge in [0.1, 0.15) is 0 Å². The Morgan fingerprint density at radius 2 is 2.21 bits per heavy atom. The first-order chi connectivity index (χ1) is 9.06. The van der Waals surface area contributed by atoms with Crippen molar-refractivity contribution in [2.45, 2.75) is 43.8 Å². The lowest BCUT2D eigenvalue weighted by molar-refractivity contribution is -0.0581. The molecule has 2 rings (SSSR count). The first-order valence-corrected chi connectivity index (χ1v) is 6.64. The Morgan fingerprint density at radius 1 is 1.42 bits per heavy atom. The Bertz CT molecular complexity index is 435. The highest BCUT2D eigenvalue weighted by Crippen LogP contribution is 2.33. The van der Waals surface area contributed by atoms with Gasteiger partial charge >= 0.3 is 0 Å². The average Bonchev–Trinajstić information content (AvgIpc) is 2.38. The first kappa shape index (κ1) is 14.3. The van der Waals surface area contributed by atoms with Crippen molar-refractivity contribution in [1.82, 2.24) is 0 Å². The van der Waals surface area contributed by atoms with E-state index in [0.29, 0.717) is 12.8 Å². The lowest BCUT2D eigenvalue weighted by Gasteiger charge is -2.36. The molecule has 1 aromatic rings. The molecule has 0 amide bonds. The fraction of sp³-hybridized carbons (Fsp3) is 0.600. The van der Waals surface area contributed by atoms with Crippen LogP contribution in [0.1, 0.15) is 31.2 Å². The van der Waals surface area contributed by atoms with Crippen molar-refractivity contribution in [2.24, 2.45) is 0 Å². The second-order valence-corrected chi connectivity index (χ2v) is 5.32. The van der Waals surface area contributed by atoms with Gasteiger partial charge < -0.3 is 14.6 Å². The molecule has 2 atom stereocenters. The van der Waals surface area contributed by atoms with Gasteiger partial charge in [-0.25, -0.2) is 4.39 Å². The van der Waals surface area contributed by atoms with Gasteiger partial charge in [-0.3, -0.25) is 0 Å². The number of ether oxygens (including phenoxy) is 2. The highest BCUT2D eigenvalue weighted by molar-refractivity contribution is 5.30. The number of rotatable bonds is 4. The zero-order valence-corrected chi connectivity index (χ0v) is 11.5. The highest BCUT2D eigenvalue weighted by atomic mass is 19.1. The zero-order valence-electron chi connectivity index (χ0n) is 11.5. The monoisotopic (exact) mass is 268 g/mol. The highest BCUT2D eigenvalue weighted by Gasteiger charge is 2.34. The minimum Gasteiger partial charge on any atom is -0.494 e.